The van der Waals surface area contributed by atoms with Gasteiger partial charge < -0.3 is 24.1 Å². The molecular weight excluding hydrogens is 528 g/mol. The number of amides is 1. The van der Waals surface area contributed by atoms with E-state index in [0.29, 0.717) is 29.1 Å². The van der Waals surface area contributed by atoms with Gasteiger partial charge in [-0.15, -0.1) is 21.5 Å². The molecule has 0 saturated heterocycles. The summed E-state index contributed by atoms with van der Waals surface area (Å²) in [5.74, 6) is 0.356. The molecule has 0 fully saturated rings. The zero-order chi connectivity index (χ0) is 27.8. The highest BCUT2D eigenvalue weighted by Gasteiger charge is 2.27. The molecule has 38 heavy (non-hydrogen) atoms. The summed E-state index contributed by atoms with van der Waals surface area (Å²) in [5, 5.41) is 12.0. The van der Waals surface area contributed by atoms with E-state index in [-0.39, 0.29) is 40.3 Å². The molecule has 12 heteroatoms. The monoisotopic (exact) mass is 560 g/mol. The lowest BCUT2D eigenvalue weighted by Gasteiger charge is -2.09. The third kappa shape index (κ3) is 7.13. The highest BCUT2D eigenvalue weighted by atomic mass is 32.2. The van der Waals surface area contributed by atoms with Gasteiger partial charge in [-0.25, -0.2) is 9.59 Å². The summed E-state index contributed by atoms with van der Waals surface area (Å²) in [5.41, 5.74) is 1.43. The molecule has 1 aromatic carbocycles. The van der Waals surface area contributed by atoms with Gasteiger partial charge in [0, 0.05) is 12.6 Å². The summed E-state index contributed by atoms with van der Waals surface area (Å²) in [6, 6.07) is 7.61. The number of esters is 2. The molecule has 204 valence electrons. The van der Waals surface area contributed by atoms with Crippen LogP contribution in [0.1, 0.15) is 53.3 Å². The van der Waals surface area contributed by atoms with Crippen molar-refractivity contribution in [2.45, 2.75) is 39.8 Å². The minimum Gasteiger partial charge on any atom is -0.493 e. The highest BCUT2D eigenvalue weighted by molar-refractivity contribution is 7.99. The standard InChI is InChI=1S/C26H32N4O6S2/c1-7-34-24(32)20-16(5)21(25(33)35-8-2)38-23(20)27-19(31)14-37-26-29-28-22(30(26)6)17-9-11-18(12-10-17)36-13-15(3)4/h9-12,15H,7-8,13-14H2,1-6H3,(H,27,31). The lowest BCUT2D eigenvalue weighted by molar-refractivity contribution is -0.113. The molecule has 2 aromatic heterocycles. The zero-order valence-corrected chi connectivity index (χ0v) is 24.0. The smallest absolute Gasteiger partial charge is 0.348 e. The normalized spacial score (nSPS) is 10.9. The molecule has 0 unspecified atom stereocenters. The first-order valence-corrected chi connectivity index (χ1v) is 14.0. The number of thioether (sulfide) groups is 1. The summed E-state index contributed by atoms with van der Waals surface area (Å²) in [6.07, 6.45) is 0. The Hall–Kier alpha value is -3.38. The lowest BCUT2D eigenvalue weighted by Crippen LogP contribution is -2.16. The van der Waals surface area contributed by atoms with E-state index in [1.165, 1.54) is 11.8 Å². The van der Waals surface area contributed by atoms with Crippen molar-refractivity contribution in [2.75, 3.05) is 30.9 Å². The van der Waals surface area contributed by atoms with E-state index in [1.54, 1.807) is 25.3 Å². The number of carbonyl (C=O) groups is 3. The van der Waals surface area contributed by atoms with Crippen LogP contribution in [0.5, 0.6) is 5.75 Å². The summed E-state index contributed by atoms with van der Waals surface area (Å²) in [7, 11) is 1.83. The van der Waals surface area contributed by atoms with Crippen LogP contribution in [0.2, 0.25) is 0 Å². The van der Waals surface area contributed by atoms with Crippen LogP contribution >= 0.6 is 23.1 Å². The Balaban J connectivity index is 1.69. The second kappa shape index (κ2) is 13.4. The second-order valence-electron chi connectivity index (χ2n) is 8.63. The van der Waals surface area contributed by atoms with Gasteiger partial charge >= 0.3 is 11.9 Å². The molecule has 3 rings (SSSR count). The van der Waals surface area contributed by atoms with Gasteiger partial charge in [0.2, 0.25) is 5.91 Å². The van der Waals surface area contributed by atoms with Gasteiger partial charge in [-0.2, -0.15) is 0 Å². The van der Waals surface area contributed by atoms with Crippen molar-refractivity contribution in [2.24, 2.45) is 13.0 Å². The Kier molecular flexibility index (Phi) is 10.3. The number of thiophene rings is 1. The van der Waals surface area contributed by atoms with Gasteiger partial charge in [-0.3, -0.25) is 4.79 Å². The molecule has 10 nitrogen and oxygen atoms in total. The average Bonchev–Trinajstić information content (AvgIpc) is 3.41. The van der Waals surface area contributed by atoms with E-state index in [1.807, 2.05) is 31.3 Å². The van der Waals surface area contributed by atoms with Crippen molar-refractivity contribution in [1.29, 1.82) is 0 Å². The largest absolute Gasteiger partial charge is 0.493 e. The van der Waals surface area contributed by atoms with Crippen LogP contribution in [-0.4, -0.2) is 58.2 Å². The molecule has 0 aliphatic rings. The fourth-order valence-corrected chi connectivity index (χ4v) is 5.21. The van der Waals surface area contributed by atoms with Crippen LogP contribution < -0.4 is 10.1 Å². The molecule has 1 N–H and O–H groups in total. The van der Waals surface area contributed by atoms with Crippen LogP contribution in [0.3, 0.4) is 0 Å². The maximum atomic E-state index is 12.8. The summed E-state index contributed by atoms with van der Waals surface area (Å²) < 4.78 is 17.8. The maximum absolute atomic E-state index is 12.8. The molecule has 2 heterocycles. The molecule has 0 atom stereocenters. The number of benzene rings is 1. The molecular formula is C26H32N4O6S2. The van der Waals surface area contributed by atoms with Crippen molar-refractivity contribution in [3.8, 4) is 17.1 Å². The van der Waals surface area contributed by atoms with E-state index >= 15 is 0 Å². The second-order valence-corrected chi connectivity index (χ2v) is 10.6. The van der Waals surface area contributed by atoms with E-state index in [9.17, 15) is 14.4 Å². The molecule has 3 aromatic rings. The summed E-state index contributed by atoms with van der Waals surface area (Å²) in [6.45, 7) is 10.2. The molecule has 0 bridgehead atoms. The predicted octanol–water partition coefficient (Wildman–Crippen LogP) is 4.97. The fourth-order valence-electron chi connectivity index (χ4n) is 3.39. The maximum Gasteiger partial charge on any atom is 0.348 e. The van der Waals surface area contributed by atoms with E-state index in [0.717, 1.165) is 22.6 Å². The summed E-state index contributed by atoms with van der Waals surface area (Å²) >= 11 is 2.19. The number of hydrogen-bond acceptors (Lipinski definition) is 10. The van der Waals surface area contributed by atoms with Crippen molar-refractivity contribution < 1.29 is 28.6 Å². The number of anilines is 1. The predicted molar refractivity (Wildman–Crippen MR) is 147 cm³/mol. The van der Waals surface area contributed by atoms with Gasteiger partial charge in [0.25, 0.3) is 0 Å². The van der Waals surface area contributed by atoms with Crippen LogP contribution in [0.25, 0.3) is 11.4 Å². The van der Waals surface area contributed by atoms with Gasteiger partial charge in [0.05, 0.1) is 31.1 Å². The van der Waals surface area contributed by atoms with Crippen molar-refractivity contribution in [3.05, 3.63) is 40.3 Å². The highest BCUT2D eigenvalue weighted by Crippen LogP contribution is 2.34. The molecule has 0 aliphatic carbocycles. The van der Waals surface area contributed by atoms with E-state index in [4.69, 9.17) is 14.2 Å². The lowest BCUT2D eigenvalue weighted by atomic mass is 10.1. The molecule has 0 radical (unpaired) electrons. The SMILES string of the molecule is CCOC(=O)c1sc(NC(=O)CSc2nnc(-c3ccc(OCC(C)C)cc3)n2C)c(C(=O)OCC)c1C. The molecule has 1 amide bonds. The number of carbonyl (C=O) groups excluding carboxylic acids is 3. The first kappa shape index (κ1) is 29.2. The number of hydrogen-bond donors (Lipinski definition) is 1. The Labute approximate surface area is 230 Å². The minimum atomic E-state index is -0.613. The number of rotatable bonds is 12. The third-order valence-electron chi connectivity index (χ3n) is 5.20. The molecule has 0 saturated carbocycles. The fraction of sp³-hybridized carbons (Fsp3) is 0.423. The van der Waals surface area contributed by atoms with Gasteiger partial charge in [0.1, 0.15) is 15.6 Å². The minimum absolute atomic E-state index is 0.0158. The zero-order valence-electron chi connectivity index (χ0n) is 22.3. The Bertz CT molecular complexity index is 1280. The number of nitrogens with one attached hydrogen (secondary N) is 1. The quantitative estimate of drug-likeness (QED) is 0.242. The topological polar surface area (TPSA) is 122 Å². The molecule has 0 spiro atoms. The van der Waals surface area contributed by atoms with Crippen molar-refractivity contribution >= 4 is 45.9 Å². The van der Waals surface area contributed by atoms with Crippen molar-refractivity contribution in [3.63, 3.8) is 0 Å². The van der Waals surface area contributed by atoms with E-state index < -0.39 is 11.9 Å². The van der Waals surface area contributed by atoms with Crippen LogP contribution in [0.15, 0.2) is 29.4 Å². The average molecular weight is 561 g/mol. The van der Waals surface area contributed by atoms with E-state index in [2.05, 4.69) is 29.4 Å². The molecule has 0 aliphatic heterocycles. The van der Waals surface area contributed by atoms with Crippen LogP contribution in [0, 0.1) is 12.8 Å². The van der Waals surface area contributed by atoms with Crippen LogP contribution in [0.4, 0.5) is 5.00 Å². The first-order valence-electron chi connectivity index (χ1n) is 12.2. The van der Waals surface area contributed by atoms with Gasteiger partial charge in [-0.05, 0) is 56.5 Å². The van der Waals surface area contributed by atoms with Gasteiger partial charge in [-0.1, -0.05) is 25.6 Å². The number of aromatic nitrogens is 3. The Morgan fingerprint density at radius 3 is 2.34 bits per heavy atom. The first-order chi connectivity index (χ1) is 18.2. The summed E-state index contributed by atoms with van der Waals surface area (Å²) in [4.78, 5) is 37.9. The van der Waals surface area contributed by atoms with Crippen LogP contribution in [-0.2, 0) is 21.3 Å². The number of nitrogens with zero attached hydrogens (tertiary/aromatic N) is 3. The van der Waals surface area contributed by atoms with Gasteiger partial charge in [0.15, 0.2) is 11.0 Å². The Morgan fingerprint density at radius 1 is 1.05 bits per heavy atom. The third-order valence-corrected chi connectivity index (χ3v) is 7.41. The Morgan fingerprint density at radius 2 is 1.71 bits per heavy atom. The number of ether oxygens (including phenoxy) is 3. The van der Waals surface area contributed by atoms with Crippen molar-refractivity contribution in [1.82, 2.24) is 14.8 Å².